The Labute approximate surface area is 200 Å². The van der Waals surface area contributed by atoms with E-state index in [1.807, 2.05) is 61.5 Å². The van der Waals surface area contributed by atoms with Crippen molar-refractivity contribution in [2.24, 2.45) is 12.0 Å². The number of para-hydroxylation sites is 2. The number of guanidine groups is 1. The Morgan fingerprint density at radius 3 is 2.60 bits per heavy atom. The van der Waals surface area contributed by atoms with Crippen molar-refractivity contribution in [2.45, 2.75) is 32.9 Å². The van der Waals surface area contributed by atoms with Gasteiger partial charge >= 0.3 is 0 Å². The lowest BCUT2D eigenvalue weighted by molar-refractivity contribution is 0.213. The SMILES string of the molecule is COc1ccccc1OC(C)CNC(=NCc1nnc(C)n1C)NCCCSC.I. The van der Waals surface area contributed by atoms with Gasteiger partial charge in [0.2, 0.25) is 0 Å². The van der Waals surface area contributed by atoms with Gasteiger partial charge in [-0.2, -0.15) is 11.8 Å². The number of nitrogens with zero attached hydrogens (tertiary/aromatic N) is 4. The van der Waals surface area contributed by atoms with Crippen LogP contribution in [-0.4, -0.2) is 59.0 Å². The van der Waals surface area contributed by atoms with Crippen molar-refractivity contribution < 1.29 is 9.47 Å². The van der Waals surface area contributed by atoms with Crippen LogP contribution in [0.3, 0.4) is 0 Å². The quantitative estimate of drug-likeness (QED) is 0.193. The second kappa shape index (κ2) is 14.3. The van der Waals surface area contributed by atoms with E-state index in [-0.39, 0.29) is 30.1 Å². The molecule has 8 nitrogen and oxygen atoms in total. The highest BCUT2D eigenvalue weighted by Gasteiger charge is 2.10. The number of benzene rings is 1. The minimum absolute atomic E-state index is 0. The summed E-state index contributed by atoms with van der Waals surface area (Å²) in [5, 5.41) is 15.0. The first kappa shape index (κ1) is 26.3. The second-order valence-electron chi connectivity index (χ2n) is 6.62. The van der Waals surface area contributed by atoms with Gasteiger partial charge in [0.15, 0.2) is 23.3 Å². The molecular formula is C20H33IN6O2S. The van der Waals surface area contributed by atoms with Crippen molar-refractivity contribution >= 4 is 41.7 Å². The summed E-state index contributed by atoms with van der Waals surface area (Å²) >= 11 is 1.84. The van der Waals surface area contributed by atoms with Gasteiger partial charge in [-0.25, -0.2) is 4.99 Å². The van der Waals surface area contributed by atoms with E-state index < -0.39 is 0 Å². The number of hydrogen-bond acceptors (Lipinski definition) is 6. The third-order valence-electron chi connectivity index (χ3n) is 4.33. The molecule has 0 spiro atoms. The van der Waals surface area contributed by atoms with E-state index in [9.17, 15) is 0 Å². The lowest BCUT2D eigenvalue weighted by Crippen LogP contribution is -2.42. The molecule has 1 heterocycles. The predicted molar refractivity (Wildman–Crippen MR) is 134 cm³/mol. The largest absolute Gasteiger partial charge is 0.493 e. The molecule has 0 radical (unpaired) electrons. The Balaban J connectivity index is 0.00000450. The van der Waals surface area contributed by atoms with Gasteiger partial charge in [0, 0.05) is 13.6 Å². The van der Waals surface area contributed by atoms with Crippen LogP contribution in [0.15, 0.2) is 29.3 Å². The number of halogens is 1. The fourth-order valence-corrected chi connectivity index (χ4v) is 2.98. The zero-order valence-corrected chi connectivity index (χ0v) is 21.5. The number of rotatable bonds is 11. The summed E-state index contributed by atoms with van der Waals surface area (Å²) in [6.45, 7) is 5.85. The molecule has 0 aliphatic heterocycles. The second-order valence-corrected chi connectivity index (χ2v) is 7.61. The molecule has 2 rings (SSSR count). The first-order valence-electron chi connectivity index (χ1n) is 9.70. The van der Waals surface area contributed by atoms with Crippen LogP contribution in [0.1, 0.15) is 25.0 Å². The van der Waals surface area contributed by atoms with Gasteiger partial charge in [-0.05, 0) is 44.4 Å². The van der Waals surface area contributed by atoms with E-state index in [0.29, 0.717) is 13.1 Å². The fourth-order valence-electron chi connectivity index (χ4n) is 2.55. The standard InChI is InChI=1S/C20H32N6O2S.HI/c1-15(28-18-10-7-6-9-17(18)27-4)13-22-20(21-11-8-12-29-5)23-14-19-25-24-16(2)26(19)3;/h6-7,9-10,15H,8,11-14H2,1-5H3,(H2,21,22,23);1H. The first-order chi connectivity index (χ1) is 14.0. The van der Waals surface area contributed by atoms with Crippen LogP contribution in [0.2, 0.25) is 0 Å². The van der Waals surface area contributed by atoms with Crippen molar-refractivity contribution in [2.75, 3.05) is 32.2 Å². The molecule has 2 N–H and O–H groups in total. The van der Waals surface area contributed by atoms with E-state index in [2.05, 4.69) is 32.1 Å². The Morgan fingerprint density at radius 1 is 1.23 bits per heavy atom. The zero-order valence-electron chi connectivity index (χ0n) is 18.3. The molecule has 1 unspecified atom stereocenters. The number of aryl methyl sites for hydroxylation is 1. The number of aliphatic imine (C=N–C) groups is 1. The topological polar surface area (TPSA) is 85.6 Å². The summed E-state index contributed by atoms with van der Waals surface area (Å²) in [6.07, 6.45) is 3.11. The molecule has 30 heavy (non-hydrogen) atoms. The normalized spacial score (nSPS) is 12.1. The monoisotopic (exact) mass is 548 g/mol. The van der Waals surface area contributed by atoms with Crippen LogP contribution in [-0.2, 0) is 13.6 Å². The van der Waals surface area contributed by atoms with Gasteiger partial charge < -0.3 is 24.7 Å². The van der Waals surface area contributed by atoms with E-state index in [1.165, 1.54) is 0 Å². The summed E-state index contributed by atoms with van der Waals surface area (Å²) in [5.41, 5.74) is 0. The number of thioether (sulfide) groups is 1. The number of aromatic nitrogens is 3. The maximum Gasteiger partial charge on any atom is 0.191 e. The Morgan fingerprint density at radius 2 is 1.97 bits per heavy atom. The van der Waals surface area contributed by atoms with Crippen LogP contribution in [0, 0.1) is 6.92 Å². The highest BCUT2D eigenvalue weighted by molar-refractivity contribution is 14.0. The first-order valence-corrected chi connectivity index (χ1v) is 11.1. The van der Waals surface area contributed by atoms with Gasteiger partial charge in [-0.3, -0.25) is 0 Å². The summed E-state index contributed by atoms with van der Waals surface area (Å²) in [4.78, 5) is 4.66. The van der Waals surface area contributed by atoms with Crippen molar-refractivity contribution in [1.82, 2.24) is 25.4 Å². The summed E-state index contributed by atoms with van der Waals surface area (Å²) in [6, 6.07) is 7.65. The zero-order chi connectivity index (χ0) is 21.1. The van der Waals surface area contributed by atoms with Gasteiger partial charge in [-0.15, -0.1) is 34.2 Å². The molecule has 0 amide bonds. The van der Waals surface area contributed by atoms with Gasteiger partial charge in [0.25, 0.3) is 0 Å². The molecule has 1 aromatic carbocycles. The maximum absolute atomic E-state index is 6.01. The van der Waals surface area contributed by atoms with Crippen LogP contribution in [0.25, 0.3) is 0 Å². The smallest absolute Gasteiger partial charge is 0.191 e. The van der Waals surface area contributed by atoms with Gasteiger partial charge in [0.1, 0.15) is 18.5 Å². The van der Waals surface area contributed by atoms with Crippen molar-refractivity contribution in [3.05, 3.63) is 35.9 Å². The number of hydrogen-bond donors (Lipinski definition) is 2. The van der Waals surface area contributed by atoms with E-state index in [1.54, 1.807) is 7.11 Å². The number of ether oxygens (including phenoxy) is 2. The molecule has 0 saturated carbocycles. The average molecular weight is 548 g/mol. The highest BCUT2D eigenvalue weighted by Crippen LogP contribution is 2.26. The minimum atomic E-state index is -0.0680. The van der Waals surface area contributed by atoms with Crippen LogP contribution >= 0.6 is 35.7 Å². The van der Waals surface area contributed by atoms with Gasteiger partial charge in [-0.1, -0.05) is 12.1 Å². The van der Waals surface area contributed by atoms with Crippen LogP contribution in [0.5, 0.6) is 11.5 Å². The lowest BCUT2D eigenvalue weighted by Gasteiger charge is -2.19. The number of nitrogens with one attached hydrogen (secondary N) is 2. The molecule has 168 valence electrons. The predicted octanol–water partition coefficient (Wildman–Crippen LogP) is 3.01. The van der Waals surface area contributed by atoms with Crippen molar-refractivity contribution in [1.29, 1.82) is 0 Å². The Kier molecular flexibility index (Phi) is 12.6. The number of methoxy groups -OCH3 is 1. The van der Waals surface area contributed by atoms with Crippen LogP contribution < -0.4 is 20.1 Å². The Bertz CT molecular complexity index is 786. The Hall–Kier alpha value is -1.69. The molecule has 10 heteroatoms. The van der Waals surface area contributed by atoms with Crippen LogP contribution in [0.4, 0.5) is 0 Å². The van der Waals surface area contributed by atoms with Gasteiger partial charge in [0.05, 0.1) is 13.7 Å². The third-order valence-corrected chi connectivity index (χ3v) is 5.03. The summed E-state index contributed by atoms with van der Waals surface area (Å²) < 4.78 is 13.3. The molecule has 0 fully saturated rings. The summed E-state index contributed by atoms with van der Waals surface area (Å²) in [5.74, 6) is 4.99. The molecule has 1 atom stereocenters. The molecule has 0 bridgehead atoms. The minimum Gasteiger partial charge on any atom is -0.493 e. The molecule has 0 saturated heterocycles. The fraction of sp³-hybridized carbons (Fsp3) is 0.550. The third kappa shape index (κ3) is 8.58. The highest BCUT2D eigenvalue weighted by atomic mass is 127. The van der Waals surface area contributed by atoms with E-state index >= 15 is 0 Å². The summed E-state index contributed by atoms with van der Waals surface area (Å²) in [7, 11) is 3.59. The maximum atomic E-state index is 6.01. The van der Waals surface area contributed by atoms with E-state index in [0.717, 1.165) is 47.8 Å². The van der Waals surface area contributed by atoms with Crippen molar-refractivity contribution in [3.63, 3.8) is 0 Å². The van der Waals surface area contributed by atoms with E-state index in [4.69, 9.17) is 9.47 Å². The molecule has 0 aliphatic rings. The lowest BCUT2D eigenvalue weighted by atomic mass is 10.3. The van der Waals surface area contributed by atoms with Crippen molar-refractivity contribution in [3.8, 4) is 11.5 Å². The molecule has 0 aliphatic carbocycles. The average Bonchev–Trinajstić information content (AvgIpc) is 3.05. The molecular weight excluding hydrogens is 515 g/mol. The molecule has 1 aromatic heterocycles. The molecule has 2 aromatic rings.